The number of likely N-dealkylation sites (N-methyl/N-ethyl adjacent to an activating group) is 1. The molecule has 0 aliphatic heterocycles. The highest BCUT2D eigenvalue weighted by molar-refractivity contribution is 7.45. The number of ether oxygens (including phenoxy) is 2. The second kappa shape index (κ2) is 36.3. The number of hydrogen-bond donors (Lipinski definition) is 1. The largest absolute Gasteiger partial charge is 0.756 e. The zero-order valence-corrected chi connectivity index (χ0v) is 36.4. The van der Waals surface area contributed by atoms with E-state index in [9.17, 15) is 24.2 Å². The van der Waals surface area contributed by atoms with Crippen molar-refractivity contribution in [2.75, 3.05) is 47.5 Å². The van der Waals surface area contributed by atoms with Crippen LogP contribution in [0.4, 0.5) is 0 Å². The number of carbonyl (C=O) groups excluding carboxylic acids is 2. The molecule has 0 saturated carbocycles. The Labute approximate surface area is 336 Å². The molecule has 0 aromatic heterocycles. The van der Waals surface area contributed by atoms with E-state index in [0.717, 1.165) is 38.5 Å². The number of aliphatic hydroxyl groups is 1. The molecule has 0 aliphatic rings. The molecule has 320 valence electrons. The fourth-order valence-electron chi connectivity index (χ4n) is 5.52. The van der Waals surface area contributed by atoms with Crippen LogP contribution >= 0.6 is 7.82 Å². The van der Waals surface area contributed by atoms with Crippen LogP contribution in [0.2, 0.25) is 0 Å². The lowest BCUT2D eigenvalue weighted by Crippen LogP contribution is -2.37. The van der Waals surface area contributed by atoms with Crippen LogP contribution in [-0.4, -0.2) is 81.2 Å². The molecule has 0 aromatic carbocycles. The number of phosphoric acid groups is 1. The molecule has 0 spiro atoms. The first kappa shape index (κ1) is 52.9. The van der Waals surface area contributed by atoms with Gasteiger partial charge in [-0.1, -0.05) is 152 Å². The highest BCUT2D eigenvalue weighted by Crippen LogP contribution is 2.38. The van der Waals surface area contributed by atoms with Crippen LogP contribution in [0.1, 0.15) is 162 Å². The number of allylic oxidation sites excluding steroid dienone is 7. The maximum absolute atomic E-state index is 12.7. The van der Waals surface area contributed by atoms with Crippen LogP contribution in [0.25, 0.3) is 0 Å². The van der Waals surface area contributed by atoms with Crippen molar-refractivity contribution in [2.24, 2.45) is 0 Å². The third-order valence-corrected chi connectivity index (χ3v) is 9.92. The minimum atomic E-state index is -4.68. The molecule has 0 aliphatic carbocycles. The van der Waals surface area contributed by atoms with Gasteiger partial charge in [0.2, 0.25) is 0 Å². The van der Waals surface area contributed by atoms with E-state index >= 15 is 0 Å². The van der Waals surface area contributed by atoms with Crippen LogP contribution in [0, 0.1) is 0 Å². The van der Waals surface area contributed by atoms with Crippen LogP contribution in [-0.2, 0) is 32.7 Å². The summed E-state index contributed by atoms with van der Waals surface area (Å²) in [6.45, 7) is 3.96. The van der Waals surface area contributed by atoms with Gasteiger partial charge in [-0.15, -0.1) is 0 Å². The average molecular weight is 798 g/mol. The Morgan fingerprint density at radius 3 is 1.84 bits per heavy atom. The first-order valence-corrected chi connectivity index (χ1v) is 22.9. The second-order valence-electron chi connectivity index (χ2n) is 15.6. The van der Waals surface area contributed by atoms with Gasteiger partial charge in [0.25, 0.3) is 7.82 Å². The summed E-state index contributed by atoms with van der Waals surface area (Å²) in [4.78, 5) is 37.5. The molecular formula is C44H80NO9P. The highest BCUT2D eigenvalue weighted by Gasteiger charge is 2.22. The first-order chi connectivity index (χ1) is 26.4. The number of esters is 2. The van der Waals surface area contributed by atoms with Crippen molar-refractivity contribution < 1.29 is 47.2 Å². The van der Waals surface area contributed by atoms with Crippen molar-refractivity contribution in [1.82, 2.24) is 0 Å². The quantitative estimate of drug-likeness (QED) is 0.0162. The number of carbonyl (C=O) groups is 2. The average Bonchev–Trinajstić information content (AvgIpc) is 3.12. The molecule has 0 radical (unpaired) electrons. The Bertz CT molecular complexity index is 1100. The van der Waals surface area contributed by atoms with Crippen molar-refractivity contribution in [1.29, 1.82) is 0 Å². The molecule has 0 saturated heterocycles. The van der Waals surface area contributed by atoms with Gasteiger partial charge in [-0.2, -0.15) is 0 Å². The molecule has 0 aromatic rings. The second-order valence-corrected chi connectivity index (χ2v) is 17.0. The topological polar surface area (TPSA) is 131 Å². The fourth-order valence-corrected chi connectivity index (χ4v) is 6.25. The summed E-state index contributed by atoms with van der Waals surface area (Å²) in [5.74, 6) is -1.04. The zero-order valence-electron chi connectivity index (χ0n) is 35.5. The molecule has 0 heterocycles. The number of quaternary nitrogens is 1. The summed E-state index contributed by atoms with van der Waals surface area (Å²) in [6, 6.07) is 0. The van der Waals surface area contributed by atoms with Gasteiger partial charge in [0, 0.05) is 12.8 Å². The predicted octanol–water partition coefficient (Wildman–Crippen LogP) is 10.2. The molecule has 0 amide bonds. The van der Waals surface area contributed by atoms with E-state index in [4.69, 9.17) is 18.5 Å². The normalized spacial score (nSPS) is 14.7. The van der Waals surface area contributed by atoms with Gasteiger partial charge < -0.3 is 33.0 Å². The Balaban J connectivity index is 4.59. The van der Waals surface area contributed by atoms with Crippen LogP contribution in [0.15, 0.2) is 48.6 Å². The van der Waals surface area contributed by atoms with Crippen LogP contribution in [0.5, 0.6) is 0 Å². The van der Waals surface area contributed by atoms with E-state index in [2.05, 4.69) is 38.2 Å². The van der Waals surface area contributed by atoms with E-state index in [-0.39, 0.29) is 26.1 Å². The zero-order chi connectivity index (χ0) is 40.9. The van der Waals surface area contributed by atoms with Crippen molar-refractivity contribution in [3.05, 3.63) is 48.6 Å². The molecule has 3 atom stereocenters. The Hall–Kier alpha value is -2.07. The van der Waals surface area contributed by atoms with Crippen LogP contribution < -0.4 is 4.89 Å². The monoisotopic (exact) mass is 798 g/mol. The Kier molecular flexibility index (Phi) is 34.9. The molecule has 1 unspecified atom stereocenters. The minimum Gasteiger partial charge on any atom is -0.756 e. The number of nitrogens with zero attached hydrogens (tertiary/aromatic N) is 1. The summed E-state index contributed by atoms with van der Waals surface area (Å²) >= 11 is 0. The van der Waals surface area contributed by atoms with Gasteiger partial charge in [0.15, 0.2) is 6.10 Å². The van der Waals surface area contributed by atoms with Gasteiger partial charge in [0.1, 0.15) is 19.8 Å². The summed E-state index contributed by atoms with van der Waals surface area (Å²) < 4.78 is 33.7. The lowest BCUT2D eigenvalue weighted by atomic mass is 10.0. The Morgan fingerprint density at radius 2 is 1.22 bits per heavy atom. The van der Waals surface area contributed by atoms with Gasteiger partial charge in [0.05, 0.1) is 33.9 Å². The third kappa shape index (κ3) is 39.9. The maximum atomic E-state index is 12.7. The molecule has 11 heteroatoms. The van der Waals surface area contributed by atoms with E-state index in [1.807, 2.05) is 33.3 Å². The number of phosphoric ester groups is 1. The van der Waals surface area contributed by atoms with Crippen molar-refractivity contribution in [3.63, 3.8) is 0 Å². The molecular weight excluding hydrogens is 717 g/mol. The smallest absolute Gasteiger partial charge is 0.306 e. The fraction of sp³-hybridized carbons (Fsp3) is 0.773. The maximum Gasteiger partial charge on any atom is 0.306 e. The number of hydrogen-bond acceptors (Lipinski definition) is 9. The van der Waals surface area contributed by atoms with E-state index in [0.29, 0.717) is 30.3 Å². The third-order valence-electron chi connectivity index (χ3n) is 8.96. The van der Waals surface area contributed by atoms with Crippen molar-refractivity contribution >= 4 is 19.8 Å². The van der Waals surface area contributed by atoms with Gasteiger partial charge in [-0.25, -0.2) is 0 Å². The lowest BCUT2D eigenvalue weighted by Gasteiger charge is -2.28. The highest BCUT2D eigenvalue weighted by atomic mass is 31.2. The molecule has 55 heavy (non-hydrogen) atoms. The molecule has 0 fully saturated rings. The number of rotatable bonds is 38. The minimum absolute atomic E-state index is 0.00295. The molecule has 0 rings (SSSR count). The predicted molar refractivity (Wildman–Crippen MR) is 223 cm³/mol. The summed E-state index contributed by atoms with van der Waals surface area (Å²) in [5.41, 5.74) is 0. The van der Waals surface area contributed by atoms with Gasteiger partial charge in [-0.3, -0.25) is 14.2 Å². The summed E-state index contributed by atoms with van der Waals surface area (Å²) in [7, 11) is 1.05. The summed E-state index contributed by atoms with van der Waals surface area (Å²) in [5, 5.41) is 10.3. The molecule has 1 N–H and O–H groups in total. The van der Waals surface area contributed by atoms with Crippen molar-refractivity contribution in [2.45, 2.75) is 174 Å². The van der Waals surface area contributed by atoms with Crippen molar-refractivity contribution in [3.8, 4) is 0 Å². The van der Waals surface area contributed by atoms with E-state index in [1.54, 1.807) is 12.2 Å². The van der Waals surface area contributed by atoms with Gasteiger partial charge in [-0.05, 0) is 44.9 Å². The Morgan fingerprint density at radius 1 is 0.673 bits per heavy atom. The molecule has 0 bridgehead atoms. The van der Waals surface area contributed by atoms with E-state index < -0.39 is 38.6 Å². The summed E-state index contributed by atoms with van der Waals surface area (Å²) in [6.07, 6.45) is 37.4. The van der Waals surface area contributed by atoms with E-state index in [1.165, 1.54) is 77.0 Å². The lowest BCUT2D eigenvalue weighted by molar-refractivity contribution is -0.870. The first-order valence-electron chi connectivity index (χ1n) is 21.5. The van der Waals surface area contributed by atoms with Crippen LogP contribution in [0.3, 0.4) is 0 Å². The number of aliphatic hydroxyl groups excluding tert-OH is 1. The van der Waals surface area contributed by atoms with Gasteiger partial charge >= 0.3 is 11.9 Å². The molecule has 10 nitrogen and oxygen atoms in total. The SMILES string of the molecule is CCCCC/C=C\C/C=C\C/C=C\C=C\[C@@H](O)CCCC(=O)O[C@H](COC(=O)CCCCCCCCCCCCCCC)COP(=O)([O-])OCC[N+](C)(C)C. The number of unbranched alkanes of at least 4 members (excludes halogenated alkanes) is 15. The standard InChI is InChI=1S/C44H80NO9P/c1-6-8-10-12-14-16-18-20-22-24-26-28-30-33-41(46)34-32-36-44(48)54-42(40-53-55(49,50)52-38-37-45(3,4)5)39-51-43(47)35-31-29-27-25-23-21-19-17-15-13-11-9-7-2/h14,16,20,22,26,28,30,33,41-42,46H,6-13,15,17-19,21,23-25,27,29,31-32,34-40H2,1-5H3/b16-14-,22-20-,28-26-,33-30+/t41-,42-/m1/s1.